The van der Waals surface area contributed by atoms with E-state index in [4.69, 9.17) is 5.73 Å². The number of aryl methyl sites for hydroxylation is 1. The topological polar surface area (TPSA) is 41.3 Å². The van der Waals surface area contributed by atoms with Crippen LogP contribution in [0.1, 0.15) is 49.3 Å². The third-order valence-electron chi connectivity index (χ3n) is 4.97. The third kappa shape index (κ3) is 3.78. The maximum atomic E-state index is 5.99. The molecule has 1 aromatic rings. The standard InChI is InChI=1S/C18H29N3/c1-21-11-3-5-16-12-15(8-9-18(16)21)17(13-19)20-10-2-4-14-6-7-14/h8-9,12,14,17,20H,2-7,10-11,13,19H2,1H3. The van der Waals surface area contributed by atoms with E-state index in [0.717, 1.165) is 12.5 Å². The van der Waals surface area contributed by atoms with Gasteiger partial charge in [-0.15, -0.1) is 0 Å². The normalized spacial score (nSPS) is 19.4. The molecule has 1 unspecified atom stereocenters. The number of benzene rings is 1. The van der Waals surface area contributed by atoms with Gasteiger partial charge in [0.05, 0.1) is 0 Å². The van der Waals surface area contributed by atoms with Crippen molar-refractivity contribution in [3.05, 3.63) is 29.3 Å². The maximum absolute atomic E-state index is 5.99. The number of rotatable bonds is 7. The molecule has 3 rings (SSSR count). The van der Waals surface area contributed by atoms with E-state index in [9.17, 15) is 0 Å². The average Bonchev–Trinajstić information content (AvgIpc) is 3.31. The first-order valence-corrected chi connectivity index (χ1v) is 8.55. The van der Waals surface area contributed by atoms with Crippen LogP contribution in [0.25, 0.3) is 0 Å². The molecule has 3 heteroatoms. The minimum atomic E-state index is 0.307. The first kappa shape index (κ1) is 14.9. The average molecular weight is 287 g/mol. The number of hydrogen-bond donors (Lipinski definition) is 2. The van der Waals surface area contributed by atoms with Crippen molar-refractivity contribution in [1.29, 1.82) is 0 Å². The first-order chi connectivity index (χ1) is 10.3. The summed E-state index contributed by atoms with van der Waals surface area (Å²) in [5.41, 5.74) is 10.2. The molecular formula is C18H29N3. The highest BCUT2D eigenvalue weighted by atomic mass is 15.1. The Labute approximate surface area is 128 Å². The summed E-state index contributed by atoms with van der Waals surface area (Å²) in [5, 5.41) is 3.65. The van der Waals surface area contributed by atoms with Crippen molar-refractivity contribution in [1.82, 2.24) is 5.32 Å². The fourth-order valence-corrected chi connectivity index (χ4v) is 3.43. The summed E-state index contributed by atoms with van der Waals surface area (Å²) in [6.07, 6.45) is 8.05. The van der Waals surface area contributed by atoms with Gasteiger partial charge in [0.2, 0.25) is 0 Å². The second-order valence-corrected chi connectivity index (χ2v) is 6.74. The van der Waals surface area contributed by atoms with Crippen molar-refractivity contribution in [2.45, 2.75) is 44.6 Å². The summed E-state index contributed by atoms with van der Waals surface area (Å²) in [6.45, 7) is 2.94. The van der Waals surface area contributed by atoms with Crippen molar-refractivity contribution in [2.75, 3.05) is 31.6 Å². The van der Waals surface area contributed by atoms with Crippen LogP contribution in [0.4, 0.5) is 5.69 Å². The van der Waals surface area contributed by atoms with Crippen molar-refractivity contribution in [3.8, 4) is 0 Å². The van der Waals surface area contributed by atoms with Gasteiger partial charge in [-0.2, -0.15) is 0 Å². The van der Waals surface area contributed by atoms with E-state index in [0.29, 0.717) is 12.6 Å². The van der Waals surface area contributed by atoms with E-state index in [2.05, 4.69) is 35.5 Å². The van der Waals surface area contributed by atoms with Gasteiger partial charge in [-0.25, -0.2) is 0 Å². The molecule has 3 nitrogen and oxygen atoms in total. The number of nitrogens with two attached hydrogens (primary N) is 1. The molecule has 0 amide bonds. The SMILES string of the molecule is CN1CCCc2cc(C(CN)NCCCC3CC3)ccc21. The Morgan fingerprint density at radius 1 is 1.38 bits per heavy atom. The number of hydrogen-bond acceptors (Lipinski definition) is 3. The molecule has 0 bridgehead atoms. The van der Waals surface area contributed by atoms with Gasteiger partial charge in [0.25, 0.3) is 0 Å². The summed E-state index contributed by atoms with van der Waals surface area (Å²) in [5.74, 6) is 1.03. The lowest BCUT2D eigenvalue weighted by Gasteiger charge is -2.29. The highest BCUT2D eigenvalue weighted by Crippen LogP contribution is 2.33. The van der Waals surface area contributed by atoms with Crippen molar-refractivity contribution in [2.24, 2.45) is 11.7 Å². The Morgan fingerprint density at radius 3 is 3.00 bits per heavy atom. The number of nitrogens with one attached hydrogen (secondary N) is 1. The van der Waals surface area contributed by atoms with Crippen molar-refractivity contribution < 1.29 is 0 Å². The van der Waals surface area contributed by atoms with Gasteiger partial charge in [-0.05, 0) is 55.3 Å². The van der Waals surface area contributed by atoms with Crippen LogP contribution < -0.4 is 16.0 Å². The molecular weight excluding hydrogens is 258 g/mol. The smallest absolute Gasteiger partial charge is 0.0444 e. The molecule has 1 aromatic carbocycles. The van der Waals surface area contributed by atoms with Crippen LogP contribution in [-0.4, -0.2) is 26.7 Å². The van der Waals surface area contributed by atoms with Crippen LogP contribution in [0.2, 0.25) is 0 Å². The van der Waals surface area contributed by atoms with E-state index < -0.39 is 0 Å². The second kappa shape index (κ2) is 6.80. The van der Waals surface area contributed by atoms with Gasteiger partial charge in [0.1, 0.15) is 0 Å². The Morgan fingerprint density at radius 2 is 2.24 bits per heavy atom. The number of fused-ring (bicyclic) bond motifs is 1. The molecule has 3 N–H and O–H groups in total. The molecule has 1 aliphatic carbocycles. The highest BCUT2D eigenvalue weighted by Gasteiger charge is 2.20. The Bertz CT molecular complexity index is 468. The molecule has 0 spiro atoms. The van der Waals surface area contributed by atoms with Crippen LogP contribution in [0.3, 0.4) is 0 Å². The number of anilines is 1. The van der Waals surface area contributed by atoms with Gasteiger partial charge in [0, 0.05) is 31.9 Å². The fourth-order valence-electron chi connectivity index (χ4n) is 3.43. The summed E-state index contributed by atoms with van der Waals surface area (Å²) >= 11 is 0. The van der Waals surface area contributed by atoms with Crippen LogP contribution >= 0.6 is 0 Å². The van der Waals surface area contributed by atoms with E-state index in [1.165, 1.54) is 61.9 Å². The second-order valence-electron chi connectivity index (χ2n) is 6.74. The van der Waals surface area contributed by atoms with Crippen molar-refractivity contribution in [3.63, 3.8) is 0 Å². The Kier molecular flexibility index (Phi) is 4.81. The minimum absolute atomic E-state index is 0.307. The lowest BCUT2D eigenvalue weighted by atomic mass is 9.96. The number of nitrogens with zero attached hydrogens (tertiary/aromatic N) is 1. The predicted molar refractivity (Wildman–Crippen MR) is 89.8 cm³/mol. The lowest BCUT2D eigenvalue weighted by molar-refractivity contribution is 0.511. The van der Waals surface area contributed by atoms with Gasteiger partial charge in [-0.1, -0.05) is 25.0 Å². The van der Waals surface area contributed by atoms with E-state index in [-0.39, 0.29) is 0 Å². The van der Waals surface area contributed by atoms with E-state index in [1.54, 1.807) is 0 Å². The van der Waals surface area contributed by atoms with Gasteiger partial charge in [0.15, 0.2) is 0 Å². The zero-order valence-electron chi connectivity index (χ0n) is 13.3. The molecule has 1 heterocycles. The monoisotopic (exact) mass is 287 g/mol. The maximum Gasteiger partial charge on any atom is 0.0444 e. The zero-order valence-corrected chi connectivity index (χ0v) is 13.3. The molecule has 1 fully saturated rings. The van der Waals surface area contributed by atoms with Crippen molar-refractivity contribution >= 4 is 5.69 Å². The van der Waals surface area contributed by atoms with E-state index in [1.807, 2.05) is 0 Å². The largest absolute Gasteiger partial charge is 0.374 e. The zero-order chi connectivity index (χ0) is 14.7. The molecule has 2 aliphatic rings. The molecule has 0 aromatic heterocycles. The van der Waals surface area contributed by atoms with Crippen LogP contribution in [0, 0.1) is 5.92 Å². The summed E-state index contributed by atoms with van der Waals surface area (Å²) < 4.78 is 0. The molecule has 1 atom stereocenters. The van der Waals surface area contributed by atoms with Gasteiger partial charge in [-0.3, -0.25) is 0 Å². The van der Waals surface area contributed by atoms with Gasteiger partial charge < -0.3 is 16.0 Å². The third-order valence-corrected chi connectivity index (χ3v) is 4.97. The highest BCUT2D eigenvalue weighted by molar-refractivity contribution is 5.56. The molecule has 0 radical (unpaired) electrons. The summed E-state index contributed by atoms with van der Waals surface area (Å²) in [4.78, 5) is 2.36. The van der Waals surface area contributed by atoms with Crippen LogP contribution in [-0.2, 0) is 6.42 Å². The summed E-state index contributed by atoms with van der Waals surface area (Å²) in [6, 6.07) is 7.21. The Hall–Kier alpha value is -1.06. The first-order valence-electron chi connectivity index (χ1n) is 8.55. The van der Waals surface area contributed by atoms with Crippen LogP contribution in [0.15, 0.2) is 18.2 Å². The molecule has 21 heavy (non-hydrogen) atoms. The Balaban J connectivity index is 1.59. The molecule has 1 aliphatic heterocycles. The van der Waals surface area contributed by atoms with Crippen LogP contribution in [0.5, 0.6) is 0 Å². The quantitative estimate of drug-likeness (QED) is 0.758. The van der Waals surface area contributed by atoms with Gasteiger partial charge >= 0.3 is 0 Å². The molecule has 1 saturated carbocycles. The van der Waals surface area contributed by atoms with E-state index >= 15 is 0 Å². The fraction of sp³-hybridized carbons (Fsp3) is 0.667. The molecule has 116 valence electrons. The predicted octanol–water partition coefficient (Wildman–Crippen LogP) is 2.85. The molecule has 0 saturated heterocycles. The lowest BCUT2D eigenvalue weighted by Crippen LogP contribution is -2.30. The summed E-state index contributed by atoms with van der Waals surface area (Å²) in [7, 11) is 2.19. The minimum Gasteiger partial charge on any atom is -0.374 e.